The third-order valence-corrected chi connectivity index (χ3v) is 1.50. The fraction of sp³-hybridized carbons (Fsp3) is 0.500. The SMILES string of the molecule is COc1ccc(CNCCO)nn1. The van der Waals surface area contributed by atoms with Crippen molar-refractivity contribution < 1.29 is 9.84 Å². The van der Waals surface area contributed by atoms with Crippen LogP contribution in [0.2, 0.25) is 0 Å². The molecule has 0 spiro atoms. The molecule has 13 heavy (non-hydrogen) atoms. The highest BCUT2D eigenvalue weighted by molar-refractivity contribution is 5.10. The third kappa shape index (κ3) is 3.35. The van der Waals surface area contributed by atoms with Crippen LogP contribution >= 0.6 is 0 Å². The Morgan fingerprint density at radius 3 is 2.85 bits per heavy atom. The van der Waals surface area contributed by atoms with E-state index in [1.165, 1.54) is 0 Å². The van der Waals surface area contributed by atoms with Crippen molar-refractivity contribution in [3.63, 3.8) is 0 Å². The molecule has 1 aromatic rings. The van der Waals surface area contributed by atoms with Crippen LogP contribution in [-0.4, -0.2) is 35.6 Å². The van der Waals surface area contributed by atoms with Crippen molar-refractivity contribution in [2.24, 2.45) is 0 Å². The number of methoxy groups -OCH3 is 1. The van der Waals surface area contributed by atoms with E-state index in [0.29, 0.717) is 19.0 Å². The van der Waals surface area contributed by atoms with Gasteiger partial charge in [0.15, 0.2) is 0 Å². The molecule has 0 atom stereocenters. The Hall–Kier alpha value is -1.20. The fourth-order valence-electron chi connectivity index (χ4n) is 0.846. The molecule has 0 radical (unpaired) electrons. The van der Waals surface area contributed by atoms with Crippen LogP contribution in [0.25, 0.3) is 0 Å². The predicted octanol–water partition coefficient (Wildman–Crippen LogP) is -0.433. The average molecular weight is 183 g/mol. The number of ether oxygens (including phenoxy) is 1. The molecule has 0 saturated carbocycles. The van der Waals surface area contributed by atoms with Crippen LogP contribution in [0, 0.1) is 0 Å². The molecule has 5 nitrogen and oxygen atoms in total. The standard InChI is InChI=1S/C8H13N3O2/c1-13-8-3-2-7(10-11-8)6-9-4-5-12/h2-3,9,12H,4-6H2,1H3. The minimum Gasteiger partial charge on any atom is -0.480 e. The first kappa shape index (κ1) is 9.88. The zero-order chi connectivity index (χ0) is 9.52. The Morgan fingerprint density at radius 2 is 2.31 bits per heavy atom. The molecule has 1 aromatic heterocycles. The minimum absolute atomic E-state index is 0.129. The molecule has 0 aliphatic carbocycles. The van der Waals surface area contributed by atoms with Crippen molar-refractivity contribution in [3.8, 4) is 5.88 Å². The Morgan fingerprint density at radius 1 is 1.46 bits per heavy atom. The number of hydrogen-bond acceptors (Lipinski definition) is 5. The lowest BCUT2D eigenvalue weighted by Crippen LogP contribution is -2.18. The molecule has 0 bridgehead atoms. The highest BCUT2D eigenvalue weighted by atomic mass is 16.5. The predicted molar refractivity (Wildman–Crippen MR) is 47.4 cm³/mol. The number of hydrogen-bond donors (Lipinski definition) is 2. The Labute approximate surface area is 76.8 Å². The fourth-order valence-corrected chi connectivity index (χ4v) is 0.846. The zero-order valence-corrected chi connectivity index (χ0v) is 7.53. The van der Waals surface area contributed by atoms with E-state index in [-0.39, 0.29) is 6.61 Å². The molecular formula is C8H13N3O2. The van der Waals surface area contributed by atoms with Gasteiger partial charge in [0.25, 0.3) is 0 Å². The van der Waals surface area contributed by atoms with Crippen LogP contribution in [0.3, 0.4) is 0 Å². The van der Waals surface area contributed by atoms with E-state index in [1.807, 2.05) is 6.07 Å². The molecule has 0 saturated heterocycles. The van der Waals surface area contributed by atoms with E-state index in [2.05, 4.69) is 15.5 Å². The van der Waals surface area contributed by atoms with Crippen LogP contribution in [0.4, 0.5) is 0 Å². The van der Waals surface area contributed by atoms with Gasteiger partial charge in [-0.05, 0) is 6.07 Å². The summed E-state index contributed by atoms with van der Waals surface area (Å²) >= 11 is 0. The first-order chi connectivity index (χ1) is 6.36. The van der Waals surface area contributed by atoms with Crippen molar-refractivity contribution in [1.82, 2.24) is 15.5 Å². The molecule has 1 rings (SSSR count). The summed E-state index contributed by atoms with van der Waals surface area (Å²) in [5.41, 5.74) is 0.828. The number of rotatable bonds is 5. The third-order valence-electron chi connectivity index (χ3n) is 1.50. The van der Waals surface area contributed by atoms with Crippen molar-refractivity contribution in [1.29, 1.82) is 0 Å². The monoisotopic (exact) mass is 183 g/mol. The lowest BCUT2D eigenvalue weighted by Gasteiger charge is -2.01. The van der Waals surface area contributed by atoms with Gasteiger partial charge in [0.1, 0.15) is 0 Å². The van der Waals surface area contributed by atoms with Gasteiger partial charge in [0.2, 0.25) is 5.88 Å². The van der Waals surface area contributed by atoms with Gasteiger partial charge in [-0.2, -0.15) is 5.10 Å². The van der Waals surface area contributed by atoms with E-state index in [1.54, 1.807) is 13.2 Å². The van der Waals surface area contributed by atoms with Crippen LogP contribution in [0.5, 0.6) is 5.88 Å². The largest absolute Gasteiger partial charge is 0.480 e. The van der Waals surface area contributed by atoms with Crippen LogP contribution in [0.1, 0.15) is 5.69 Å². The molecule has 0 aliphatic heterocycles. The maximum Gasteiger partial charge on any atom is 0.233 e. The molecule has 0 unspecified atom stereocenters. The van der Waals surface area contributed by atoms with Gasteiger partial charge in [-0.25, -0.2) is 0 Å². The molecule has 2 N–H and O–H groups in total. The van der Waals surface area contributed by atoms with E-state index in [4.69, 9.17) is 9.84 Å². The van der Waals surface area contributed by atoms with E-state index >= 15 is 0 Å². The maximum absolute atomic E-state index is 8.51. The summed E-state index contributed by atoms with van der Waals surface area (Å²) in [5, 5.41) is 19.2. The molecule has 0 fully saturated rings. The number of aliphatic hydroxyl groups is 1. The molecule has 1 heterocycles. The number of nitrogens with one attached hydrogen (secondary N) is 1. The smallest absolute Gasteiger partial charge is 0.233 e. The van der Waals surface area contributed by atoms with Crippen molar-refractivity contribution in [3.05, 3.63) is 17.8 Å². The average Bonchev–Trinajstić information content (AvgIpc) is 2.19. The zero-order valence-electron chi connectivity index (χ0n) is 7.53. The molecule has 0 aromatic carbocycles. The lowest BCUT2D eigenvalue weighted by molar-refractivity contribution is 0.291. The van der Waals surface area contributed by atoms with Crippen molar-refractivity contribution in [2.45, 2.75) is 6.54 Å². The molecule has 0 amide bonds. The summed E-state index contributed by atoms with van der Waals surface area (Å²) in [6, 6.07) is 3.58. The maximum atomic E-state index is 8.51. The second-order valence-corrected chi connectivity index (χ2v) is 2.47. The normalized spacial score (nSPS) is 10.0. The highest BCUT2D eigenvalue weighted by Crippen LogP contribution is 2.02. The Bertz CT molecular complexity index is 238. The van der Waals surface area contributed by atoms with Crippen molar-refractivity contribution in [2.75, 3.05) is 20.3 Å². The van der Waals surface area contributed by atoms with Gasteiger partial charge >= 0.3 is 0 Å². The highest BCUT2D eigenvalue weighted by Gasteiger charge is 1.95. The van der Waals surface area contributed by atoms with Crippen LogP contribution < -0.4 is 10.1 Å². The number of aliphatic hydroxyl groups excluding tert-OH is 1. The second-order valence-electron chi connectivity index (χ2n) is 2.47. The molecule has 5 heteroatoms. The summed E-state index contributed by atoms with van der Waals surface area (Å²) < 4.78 is 4.86. The first-order valence-corrected chi connectivity index (χ1v) is 4.05. The number of aromatic nitrogens is 2. The van der Waals surface area contributed by atoms with Gasteiger partial charge < -0.3 is 15.2 Å². The summed E-state index contributed by atoms with van der Waals surface area (Å²) in [4.78, 5) is 0. The summed E-state index contributed by atoms with van der Waals surface area (Å²) in [7, 11) is 1.55. The summed E-state index contributed by atoms with van der Waals surface area (Å²) in [5.74, 6) is 0.505. The molecular weight excluding hydrogens is 170 g/mol. The molecule has 0 aliphatic rings. The van der Waals surface area contributed by atoms with Gasteiger partial charge in [-0.1, -0.05) is 0 Å². The van der Waals surface area contributed by atoms with E-state index in [9.17, 15) is 0 Å². The summed E-state index contributed by atoms with van der Waals surface area (Å²) in [6.07, 6.45) is 0. The van der Waals surface area contributed by atoms with Gasteiger partial charge in [-0.3, -0.25) is 0 Å². The minimum atomic E-state index is 0.129. The topological polar surface area (TPSA) is 67.3 Å². The second kappa shape index (κ2) is 5.45. The summed E-state index contributed by atoms with van der Waals surface area (Å²) in [6.45, 7) is 1.30. The van der Waals surface area contributed by atoms with Gasteiger partial charge in [0.05, 0.1) is 19.4 Å². The number of nitrogens with zero attached hydrogens (tertiary/aromatic N) is 2. The Kier molecular flexibility index (Phi) is 4.14. The first-order valence-electron chi connectivity index (χ1n) is 4.05. The van der Waals surface area contributed by atoms with Crippen LogP contribution in [-0.2, 0) is 6.54 Å². The molecule has 72 valence electrons. The van der Waals surface area contributed by atoms with Gasteiger partial charge in [0, 0.05) is 19.2 Å². The van der Waals surface area contributed by atoms with E-state index in [0.717, 1.165) is 5.69 Å². The lowest BCUT2D eigenvalue weighted by atomic mass is 10.4. The Balaban J connectivity index is 2.40. The van der Waals surface area contributed by atoms with Crippen LogP contribution in [0.15, 0.2) is 12.1 Å². The van der Waals surface area contributed by atoms with Gasteiger partial charge in [-0.15, -0.1) is 5.10 Å². The van der Waals surface area contributed by atoms with Crippen molar-refractivity contribution >= 4 is 0 Å². The quantitative estimate of drug-likeness (QED) is 0.606. The van der Waals surface area contributed by atoms with E-state index < -0.39 is 0 Å².